The van der Waals surface area contributed by atoms with Gasteiger partial charge < -0.3 is 4.90 Å². The molecule has 1 atom stereocenters. The summed E-state index contributed by atoms with van der Waals surface area (Å²) in [4.78, 5) is 16.8. The predicted octanol–water partition coefficient (Wildman–Crippen LogP) is 2.00. The lowest BCUT2D eigenvalue weighted by Crippen LogP contribution is -2.47. The second-order valence-electron chi connectivity index (χ2n) is 5.55. The van der Waals surface area contributed by atoms with Crippen LogP contribution in [0.4, 0.5) is 0 Å². The zero-order chi connectivity index (χ0) is 16.3. The minimum absolute atomic E-state index is 0.131. The van der Waals surface area contributed by atoms with Crippen molar-refractivity contribution < 1.29 is 13.2 Å². The van der Waals surface area contributed by atoms with E-state index in [2.05, 4.69) is 6.58 Å². The van der Waals surface area contributed by atoms with Crippen LogP contribution >= 0.6 is 11.3 Å². The van der Waals surface area contributed by atoms with E-state index >= 15 is 0 Å². The van der Waals surface area contributed by atoms with Gasteiger partial charge in [0.1, 0.15) is 6.04 Å². The van der Waals surface area contributed by atoms with Crippen molar-refractivity contribution in [3.8, 4) is 0 Å². The number of amides is 1. The van der Waals surface area contributed by atoms with Crippen molar-refractivity contribution in [2.45, 2.75) is 32.4 Å². The Balaban J connectivity index is 2.17. The van der Waals surface area contributed by atoms with Crippen LogP contribution in [-0.4, -0.2) is 48.9 Å². The van der Waals surface area contributed by atoms with Crippen LogP contribution in [0.3, 0.4) is 0 Å². The molecule has 1 saturated heterocycles. The smallest absolute Gasteiger partial charge is 0.241 e. The predicted molar refractivity (Wildman–Crippen MR) is 89.2 cm³/mol. The molecule has 1 amide bonds. The second kappa shape index (κ2) is 6.93. The third-order valence-electron chi connectivity index (χ3n) is 3.72. The standard InChI is InChI=1S/C15H22N2O3S2/c1-4-9-16(11-13-8-7-12(2)21-13)15(18)14-6-5-10-17(14)22(3,19)20/h4,7-8,14H,1,5-6,9-11H2,2-3H3/t14-/m1/s1. The highest BCUT2D eigenvalue weighted by molar-refractivity contribution is 7.88. The first-order chi connectivity index (χ1) is 10.3. The van der Waals surface area contributed by atoms with Crippen LogP contribution in [0.1, 0.15) is 22.6 Å². The molecule has 0 aliphatic carbocycles. The number of carbonyl (C=O) groups is 1. The largest absolute Gasteiger partial charge is 0.332 e. The van der Waals surface area contributed by atoms with Crippen LogP contribution in [0, 0.1) is 6.92 Å². The van der Waals surface area contributed by atoms with Gasteiger partial charge in [0.25, 0.3) is 0 Å². The monoisotopic (exact) mass is 342 g/mol. The number of sulfonamides is 1. The summed E-state index contributed by atoms with van der Waals surface area (Å²) in [5.74, 6) is -0.131. The van der Waals surface area contributed by atoms with E-state index < -0.39 is 16.1 Å². The highest BCUT2D eigenvalue weighted by Gasteiger charge is 2.38. The summed E-state index contributed by atoms with van der Waals surface area (Å²) < 4.78 is 25.0. The average molecular weight is 342 g/mol. The first-order valence-electron chi connectivity index (χ1n) is 7.24. The van der Waals surface area contributed by atoms with Gasteiger partial charge in [0.05, 0.1) is 12.8 Å². The van der Waals surface area contributed by atoms with Crippen molar-refractivity contribution in [3.05, 3.63) is 34.5 Å². The summed E-state index contributed by atoms with van der Waals surface area (Å²) in [6, 6.07) is 3.46. The fourth-order valence-corrected chi connectivity index (χ4v) is 4.77. The minimum atomic E-state index is -3.35. The van der Waals surface area contributed by atoms with Gasteiger partial charge in [-0.1, -0.05) is 6.08 Å². The van der Waals surface area contributed by atoms with Crippen molar-refractivity contribution in [3.63, 3.8) is 0 Å². The molecule has 0 radical (unpaired) electrons. The molecule has 0 N–H and O–H groups in total. The van der Waals surface area contributed by atoms with Crippen LogP contribution in [0.15, 0.2) is 24.8 Å². The van der Waals surface area contributed by atoms with Gasteiger partial charge in [0, 0.05) is 22.8 Å². The van der Waals surface area contributed by atoms with E-state index in [0.29, 0.717) is 26.1 Å². The Bertz CT molecular complexity index is 651. The molecule has 1 aromatic heterocycles. The fraction of sp³-hybridized carbons (Fsp3) is 0.533. The molecular weight excluding hydrogens is 320 g/mol. The Morgan fingerprint density at radius 1 is 1.55 bits per heavy atom. The van der Waals surface area contributed by atoms with Gasteiger partial charge >= 0.3 is 0 Å². The summed E-state index contributed by atoms with van der Waals surface area (Å²) in [7, 11) is -3.35. The average Bonchev–Trinajstić information content (AvgIpc) is 3.05. The number of carbonyl (C=O) groups excluding carboxylic acids is 1. The maximum absolute atomic E-state index is 12.8. The van der Waals surface area contributed by atoms with Crippen molar-refractivity contribution >= 4 is 27.3 Å². The Morgan fingerprint density at radius 2 is 2.27 bits per heavy atom. The lowest BCUT2D eigenvalue weighted by molar-refractivity contribution is -0.134. The molecular formula is C15H22N2O3S2. The van der Waals surface area contributed by atoms with Gasteiger partial charge in [0.15, 0.2) is 0 Å². The molecule has 0 aromatic carbocycles. The van der Waals surface area contributed by atoms with E-state index in [1.165, 1.54) is 15.4 Å². The van der Waals surface area contributed by atoms with Gasteiger partial charge in [-0.2, -0.15) is 4.31 Å². The first-order valence-corrected chi connectivity index (χ1v) is 9.91. The van der Waals surface area contributed by atoms with Gasteiger partial charge in [-0.25, -0.2) is 8.42 Å². The molecule has 22 heavy (non-hydrogen) atoms. The van der Waals surface area contributed by atoms with Crippen LogP contribution < -0.4 is 0 Å². The molecule has 1 aliphatic rings. The topological polar surface area (TPSA) is 57.7 Å². The van der Waals surface area contributed by atoms with Crippen molar-refractivity contribution in [1.29, 1.82) is 0 Å². The molecule has 0 saturated carbocycles. The Morgan fingerprint density at radius 3 is 2.82 bits per heavy atom. The normalized spacial score (nSPS) is 19.3. The van der Waals surface area contributed by atoms with Gasteiger partial charge in [-0.05, 0) is 31.9 Å². The SMILES string of the molecule is C=CCN(Cc1ccc(C)s1)C(=O)[C@H]1CCCN1S(C)(=O)=O. The molecule has 0 bridgehead atoms. The van der Waals surface area contributed by atoms with Gasteiger partial charge in [0.2, 0.25) is 15.9 Å². The number of nitrogens with zero attached hydrogens (tertiary/aromatic N) is 2. The Labute approximate surface area is 136 Å². The summed E-state index contributed by atoms with van der Waals surface area (Å²) in [5.41, 5.74) is 0. The second-order valence-corrected chi connectivity index (χ2v) is 8.86. The maximum atomic E-state index is 12.8. The summed E-state index contributed by atoms with van der Waals surface area (Å²) in [6.45, 7) is 7.07. The first kappa shape index (κ1) is 17.2. The van der Waals surface area contributed by atoms with Crippen LogP contribution in [-0.2, 0) is 21.4 Å². The Kier molecular flexibility index (Phi) is 5.41. The van der Waals surface area contributed by atoms with Crippen molar-refractivity contribution in [1.82, 2.24) is 9.21 Å². The van der Waals surface area contributed by atoms with E-state index in [4.69, 9.17) is 0 Å². The molecule has 1 aromatic rings. The molecule has 5 nitrogen and oxygen atoms in total. The minimum Gasteiger partial charge on any atom is -0.332 e. The molecule has 2 rings (SSSR count). The van der Waals surface area contributed by atoms with Crippen molar-refractivity contribution in [2.24, 2.45) is 0 Å². The number of rotatable bonds is 6. The molecule has 0 unspecified atom stereocenters. The molecule has 1 fully saturated rings. The summed E-state index contributed by atoms with van der Waals surface area (Å²) in [5, 5.41) is 0. The lowest BCUT2D eigenvalue weighted by atomic mass is 10.2. The zero-order valence-electron chi connectivity index (χ0n) is 13.0. The van der Waals surface area contributed by atoms with E-state index in [9.17, 15) is 13.2 Å². The summed E-state index contributed by atoms with van der Waals surface area (Å²) >= 11 is 1.65. The lowest BCUT2D eigenvalue weighted by Gasteiger charge is -2.28. The maximum Gasteiger partial charge on any atom is 0.241 e. The van der Waals surface area contributed by atoms with E-state index in [-0.39, 0.29) is 5.91 Å². The van der Waals surface area contributed by atoms with Crippen LogP contribution in [0.25, 0.3) is 0 Å². The number of aryl methyl sites for hydroxylation is 1. The van der Waals surface area contributed by atoms with Crippen LogP contribution in [0.5, 0.6) is 0 Å². The van der Waals surface area contributed by atoms with Gasteiger partial charge in [-0.3, -0.25) is 4.79 Å². The fourth-order valence-electron chi connectivity index (χ4n) is 2.74. The Hall–Kier alpha value is -1.18. The van der Waals surface area contributed by atoms with Crippen LogP contribution in [0.2, 0.25) is 0 Å². The molecule has 0 spiro atoms. The van der Waals surface area contributed by atoms with E-state index in [1.807, 2.05) is 19.1 Å². The highest BCUT2D eigenvalue weighted by atomic mass is 32.2. The molecule has 1 aliphatic heterocycles. The quantitative estimate of drug-likeness (QED) is 0.743. The highest BCUT2D eigenvalue weighted by Crippen LogP contribution is 2.24. The van der Waals surface area contributed by atoms with Gasteiger partial charge in [-0.15, -0.1) is 17.9 Å². The number of thiophene rings is 1. The number of hydrogen-bond acceptors (Lipinski definition) is 4. The van der Waals surface area contributed by atoms with E-state index in [0.717, 1.165) is 11.3 Å². The summed E-state index contributed by atoms with van der Waals surface area (Å²) in [6.07, 6.45) is 4.16. The third kappa shape index (κ3) is 3.97. The van der Waals surface area contributed by atoms with Crippen molar-refractivity contribution in [2.75, 3.05) is 19.3 Å². The van der Waals surface area contributed by atoms with E-state index in [1.54, 1.807) is 22.3 Å². The third-order valence-corrected chi connectivity index (χ3v) is 5.99. The molecule has 122 valence electrons. The molecule has 7 heteroatoms. The molecule has 2 heterocycles. The zero-order valence-corrected chi connectivity index (χ0v) is 14.6. The number of hydrogen-bond donors (Lipinski definition) is 0.